The second-order valence-corrected chi connectivity index (χ2v) is 7.48. The summed E-state index contributed by atoms with van der Waals surface area (Å²) < 4.78 is 16.1. The Balaban J connectivity index is 1.86. The van der Waals surface area contributed by atoms with Gasteiger partial charge >= 0.3 is 11.6 Å². The van der Waals surface area contributed by atoms with Gasteiger partial charge in [0, 0.05) is 30.4 Å². The fraction of sp³-hybridized carbons (Fsp3) is 0.381. The van der Waals surface area contributed by atoms with Gasteiger partial charge in [-0.2, -0.15) is 0 Å². The van der Waals surface area contributed by atoms with Gasteiger partial charge in [0.1, 0.15) is 22.7 Å². The molecule has 1 heterocycles. The number of esters is 1. The Hall–Kier alpha value is -2.89. The summed E-state index contributed by atoms with van der Waals surface area (Å²) in [6.07, 6.45) is 3.03. The Bertz CT molecular complexity index is 980. The minimum absolute atomic E-state index is 0.0980. The number of allylic oxidation sites excluding steroid dienone is 2. The third-order valence-electron chi connectivity index (χ3n) is 4.25. The van der Waals surface area contributed by atoms with Crippen LogP contribution in [0.3, 0.4) is 0 Å². The van der Waals surface area contributed by atoms with Gasteiger partial charge in [-0.25, -0.2) is 9.59 Å². The first-order valence-corrected chi connectivity index (χ1v) is 8.94. The molecule has 1 aromatic heterocycles. The topological polar surface area (TPSA) is 82.8 Å². The van der Waals surface area contributed by atoms with E-state index in [9.17, 15) is 14.4 Å². The van der Waals surface area contributed by atoms with Crippen molar-refractivity contribution in [2.75, 3.05) is 6.61 Å². The Morgan fingerprint density at radius 1 is 1.19 bits per heavy atom. The standard InChI is InChI=1S/C21H22O6/c1-4-7-25-15-6-5-13-8-17(20(24)27-18(13)10-15)19(23)26-16-9-14(22)11-21(2,3)12-16/h5-6,8-10H,4,7,11-12H2,1-3H3. The molecule has 0 bridgehead atoms. The van der Waals surface area contributed by atoms with E-state index in [4.69, 9.17) is 13.9 Å². The highest BCUT2D eigenvalue weighted by Gasteiger charge is 2.30. The van der Waals surface area contributed by atoms with E-state index in [0.717, 1.165) is 6.42 Å². The molecule has 6 nitrogen and oxygen atoms in total. The van der Waals surface area contributed by atoms with Crippen LogP contribution >= 0.6 is 0 Å². The lowest BCUT2D eigenvalue weighted by atomic mass is 9.79. The molecule has 0 radical (unpaired) electrons. The molecule has 0 fully saturated rings. The van der Waals surface area contributed by atoms with Crippen molar-refractivity contribution < 1.29 is 23.5 Å². The second kappa shape index (κ2) is 7.39. The summed E-state index contributed by atoms with van der Waals surface area (Å²) in [5.74, 6) is -0.0621. The molecule has 0 aliphatic heterocycles. The number of fused-ring (bicyclic) bond motifs is 1. The quantitative estimate of drug-likeness (QED) is 0.584. The van der Waals surface area contributed by atoms with Gasteiger partial charge in [-0.1, -0.05) is 20.8 Å². The van der Waals surface area contributed by atoms with Crippen LogP contribution in [0.25, 0.3) is 11.0 Å². The molecule has 0 saturated heterocycles. The average Bonchev–Trinajstić information content (AvgIpc) is 2.57. The van der Waals surface area contributed by atoms with Gasteiger partial charge in [0.25, 0.3) is 0 Å². The van der Waals surface area contributed by atoms with E-state index in [1.54, 1.807) is 18.2 Å². The van der Waals surface area contributed by atoms with E-state index in [0.29, 0.717) is 36.2 Å². The molecular weight excluding hydrogens is 348 g/mol. The lowest BCUT2D eigenvalue weighted by Gasteiger charge is -2.27. The smallest absolute Gasteiger partial charge is 0.351 e. The van der Waals surface area contributed by atoms with Crippen molar-refractivity contribution >= 4 is 22.7 Å². The maximum Gasteiger partial charge on any atom is 0.351 e. The van der Waals surface area contributed by atoms with Crippen molar-refractivity contribution in [1.29, 1.82) is 0 Å². The van der Waals surface area contributed by atoms with Crippen molar-refractivity contribution in [2.45, 2.75) is 40.0 Å². The van der Waals surface area contributed by atoms with Crippen LogP contribution in [-0.4, -0.2) is 18.4 Å². The number of rotatable bonds is 5. The third kappa shape index (κ3) is 4.45. The maximum atomic E-state index is 12.4. The number of carbonyl (C=O) groups is 2. The van der Waals surface area contributed by atoms with E-state index < -0.39 is 11.6 Å². The van der Waals surface area contributed by atoms with Crippen LogP contribution in [0, 0.1) is 5.41 Å². The summed E-state index contributed by atoms with van der Waals surface area (Å²) in [7, 11) is 0. The van der Waals surface area contributed by atoms with E-state index in [-0.39, 0.29) is 22.5 Å². The second-order valence-electron chi connectivity index (χ2n) is 7.48. The molecule has 1 aliphatic rings. The van der Waals surface area contributed by atoms with Gasteiger partial charge < -0.3 is 13.9 Å². The third-order valence-corrected chi connectivity index (χ3v) is 4.25. The lowest BCUT2D eigenvalue weighted by molar-refractivity contribution is -0.117. The van der Waals surface area contributed by atoms with Gasteiger partial charge in [0.15, 0.2) is 5.78 Å². The summed E-state index contributed by atoms with van der Waals surface area (Å²) in [5.41, 5.74) is -0.952. The maximum absolute atomic E-state index is 12.4. The van der Waals surface area contributed by atoms with Crippen LogP contribution in [0.2, 0.25) is 0 Å². The summed E-state index contributed by atoms with van der Waals surface area (Å²) in [4.78, 5) is 36.5. The van der Waals surface area contributed by atoms with Gasteiger partial charge in [0.05, 0.1) is 6.61 Å². The largest absolute Gasteiger partial charge is 0.493 e. The predicted octanol–water partition coefficient (Wildman–Crippen LogP) is 4.01. The molecule has 6 heteroatoms. The van der Waals surface area contributed by atoms with E-state index in [2.05, 4.69) is 0 Å². The van der Waals surface area contributed by atoms with E-state index >= 15 is 0 Å². The molecule has 1 aliphatic carbocycles. The molecule has 2 aromatic rings. The molecule has 3 rings (SSSR count). The fourth-order valence-corrected chi connectivity index (χ4v) is 3.07. The fourth-order valence-electron chi connectivity index (χ4n) is 3.07. The van der Waals surface area contributed by atoms with Gasteiger partial charge in [-0.15, -0.1) is 0 Å². The SMILES string of the molecule is CCCOc1ccc2cc(C(=O)OC3=CC(=O)CC(C)(C)C3)c(=O)oc2c1. The number of benzene rings is 1. The zero-order valence-corrected chi connectivity index (χ0v) is 15.7. The number of hydrogen-bond acceptors (Lipinski definition) is 6. The Labute approximate surface area is 156 Å². The number of carbonyl (C=O) groups excluding carboxylic acids is 2. The average molecular weight is 370 g/mol. The Kier molecular flexibility index (Phi) is 5.17. The highest BCUT2D eigenvalue weighted by atomic mass is 16.5. The highest BCUT2D eigenvalue weighted by Crippen LogP contribution is 2.34. The van der Waals surface area contributed by atoms with Crippen LogP contribution in [0.15, 0.2) is 45.3 Å². The molecule has 0 spiro atoms. The first-order chi connectivity index (χ1) is 12.8. The molecule has 0 amide bonds. The Morgan fingerprint density at radius 3 is 2.67 bits per heavy atom. The predicted molar refractivity (Wildman–Crippen MR) is 99.8 cm³/mol. The molecular formula is C21H22O6. The van der Waals surface area contributed by atoms with Crippen molar-refractivity contribution in [1.82, 2.24) is 0 Å². The zero-order valence-electron chi connectivity index (χ0n) is 15.7. The first kappa shape index (κ1) is 18.9. The van der Waals surface area contributed by atoms with Crippen LogP contribution in [0.1, 0.15) is 50.4 Å². The first-order valence-electron chi connectivity index (χ1n) is 8.94. The molecule has 142 valence electrons. The molecule has 1 aromatic carbocycles. The van der Waals surface area contributed by atoms with Crippen LogP contribution in [0.5, 0.6) is 5.75 Å². The van der Waals surface area contributed by atoms with E-state index in [1.165, 1.54) is 12.1 Å². The molecule has 0 N–H and O–H groups in total. The lowest BCUT2D eigenvalue weighted by Crippen LogP contribution is -2.25. The summed E-state index contributed by atoms with van der Waals surface area (Å²) >= 11 is 0. The van der Waals surface area contributed by atoms with Crippen LogP contribution < -0.4 is 10.4 Å². The zero-order chi connectivity index (χ0) is 19.6. The monoisotopic (exact) mass is 370 g/mol. The van der Waals surface area contributed by atoms with Crippen LogP contribution in [0.4, 0.5) is 0 Å². The Morgan fingerprint density at radius 2 is 1.96 bits per heavy atom. The number of ether oxygens (including phenoxy) is 2. The normalized spacial score (nSPS) is 16.1. The van der Waals surface area contributed by atoms with Crippen molar-refractivity contribution in [3.63, 3.8) is 0 Å². The molecule has 0 unspecified atom stereocenters. The minimum atomic E-state index is -0.825. The molecule has 27 heavy (non-hydrogen) atoms. The number of hydrogen-bond donors (Lipinski definition) is 0. The van der Waals surface area contributed by atoms with Crippen molar-refractivity contribution in [3.05, 3.63) is 52.1 Å². The molecule has 0 saturated carbocycles. The van der Waals surface area contributed by atoms with Crippen molar-refractivity contribution in [2.24, 2.45) is 5.41 Å². The van der Waals surface area contributed by atoms with Gasteiger partial charge in [-0.3, -0.25) is 4.79 Å². The highest BCUT2D eigenvalue weighted by molar-refractivity contribution is 5.95. The number of ketones is 1. The van der Waals surface area contributed by atoms with Crippen LogP contribution in [-0.2, 0) is 9.53 Å². The summed E-state index contributed by atoms with van der Waals surface area (Å²) in [6, 6.07) is 6.51. The van der Waals surface area contributed by atoms with Crippen molar-refractivity contribution in [3.8, 4) is 5.75 Å². The summed E-state index contributed by atoms with van der Waals surface area (Å²) in [5, 5.41) is 0.583. The molecule has 0 atom stereocenters. The van der Waals surface area contributed by atoms with E-state index in [1.807, 2.05) is 20.8 Å². The summed E-state index contributed by atoms with van der Waals surface area (Å²) in [6.45, 7) is 6.41. The van der Waals surface area contributed by atoms with Gasteiger partial charge in [0.2, 0.25) is 0 Å². The minimum Gasteiger partial charge on any atom is -0.493 e. The van der Waals surface area contributed by atoms with Gasteiger partial charge in [-0.05, 0) is 30.0 Å².